The van der Waals surface area contributed by atoms with Crippen LogP contribution in [0.3, 0.4) is 0 Å². The Bertz CT molecular complexity index is 1010. The van der Waals surface area contributed by atoms with Crippen molar-refractivity contribution in [1.82, 2.24) is 29.4 Å². The molecule has 3 heterocycles. The summed E-state index contributed by atoms with van der Waals surface area (Å²) in [4.78, 5) is 13.7. The number of hydrogen-bond acceptors (Lipinski definition) is 7. The molecule has 0 amide bonds. The molecule has 1 saturated heterocycles. The maximum atomic E-state index is 5.22. The summed E-state index contributed by atoms with van der Waals surface area (Å²) < 4.78 is 11.5. The molecule has 0 unspecified atom stereocenters. The number of aromatic nitrogens is 4. The Balaban J connectivity index is 0.00000289. The largest absolute Gasteiger partial charge is 0.497 e. The Morgan fingerprint density at radius 1 is 1.16 bits per heavy atom. The lowest BCUT2D eigenvalue weighted by atomic mass is 10.3. The van der Waals surface area contributed by atoms with Crippen LogP contribution >= 0.6 is 35.5 Å². The summed E-state index contributed by atoms with van der Waals surface area (Å²) >= 11 is 1.49. The zero-order valence-corrected chi connectivity index (χ0v) is 21.7. The molecule has 9 nitrogen and oxygen atoms in total. The monoisotopic (exact) mass is 568 g/mol. The van der Waals surface area contributed by atoms with Crippen molar-refractivity contribution < 1.29 is 4.74 Å². The topological polar surface area (TPSA) is 83.7 Å². The second-order valence-electron chi connectivity index (χ2n) is 7.17. The van der Waals surface area contributed by atoms with Crippen LogP contribution in [0.15, 0.2) is 41.5 Å². The van der Waals surface area contributed by atoms with Crippen LogP contribution in [0.2, 0.25) is 0 Å². The Hall–Kier alpha value is -2.41. The van der Waals surface area contributed by atoms with Gasteiger partial charge in [-0.25, -0.2) is 9.67 Å². The molecule has 1 fully saturated rings. The summed E-state index contributed by atoms with van der Waals surface area (Å²) in [6.45, 7) is 6.30. The standard InChI is InChI=1S/C21H28N8OS.HI/c1-4-19-24-21(31-26-19)28-13-11-27(12-14-28)20(22-2)23-15-16-9-10-29(25-16)17-5-7-18(30-3)8-6-17;/h5-10H,4,11-15H2,1-3H3,(H,22,23);1H. The Kier molecular flexibility index (Phi) is 8.67. The summed E-state index contributed by atoms with van der Waals surface area (Å²) in [6.07, 6.45) is 2.84. The number of ether oxygens (including phenoxy) is 1. The van der Waals surface area contributed by atoms with Crippen LogP contribution in [0, 0.1) is 0 Å². The SMILES string of the molecule is CCc1nsc(N2CCN(C(=NC)NCc3ccn(-c4ccc(OC)cc4)n3)CC2)n1.I. The molecule has 0 atom stereocenters. The highest BCUT2D eigenvalue weighted by molar-refractivity contribution is 14.0. The quantitative estimate of drug-likeness (QED) is 0.278. The third kappa shape index (κ3) is 5.68. The maximum absolute atomic E-state index is 5.22. The van der Waals surface area contributed by atoms with E-state index in [-0.39, 0.29) is 24.0 Å². The molecule has 1 aliphatic rings. The molecular weight excluding hydrogens is 539 g/mol. The van der Waals surface area contributed by atoms with E-state index < -0.39 is 0 Å². The number of rotatable bonds is 6. The predicted octanol–water partition coefficient (Wildman–Crippen LogP) is 2.81. The number of aryl methyl sites for hydroxylation is 1. The first-order chi connectivity index (χ1) is 15.2. The minimum absolute atomic E-state index is 0. The molecule has 1 N–H and O–H groups in total. The molecular formula is C21H29IN8OS. The number of aliphatic imine (C=N–C) groups is 1. The zero-order chi connectivity index (χ0) is 21.6. The smallest absolute Gasteiger partial charge is 0.205 e. The van der Waals surface area contributed by atoms with Crippen molar-refractivity contribution in [2.24, 2.45) is 4.99 Å². The van der Waals surface area contributed by atoms with Gasteiger partial charge < -0.3 is 19.9 Å². The summed E-state index contributed by atoms with van der Waals surface area (Å²) in [7, 11) is 3.49. The lowest BCUT2D eigenvalue weighted by Crippen LogP contribution is -2.52. The third-order valence-corrected chi connectivity index (χ3v) is 6.06. The Labute approximate surface area is 209 Å². The minimum atomic E-state index is 0. The van der Waals surface area contributed by atoms with Crippen molar-refractivity contribution in [3.63, 3.8) is 0 Å². The van der Waals surface area contributed by atoms with E-state index >= 15 is 0 Å². The van der Waals surface area contributed by atoms with Gasteiger partial charge in [-0.1, -0.05) is 6.92 Å². The molecule has 0 spiro atoms. The van der Waals surface area contributed by atoms with E-state index in [2.05, 4.69) is 41.5 Å². The van der Waals surface area contributed by atoms with Crippen molar-refractivity contribution in [1.29, 1.82) is 0 Å². The fraction of sp³-hybridized carbons (Fsp3) is 0.429. The number of nitrogens with one attached hydrogen (secondary N) is 1. The van der Waals surface area contributed by atoms with Gasteiger partial charge >= 0.3 is 0 Å². The molecule has 4 rings (SSSR count). The molecule has 0 saturated carbocycles. The molecule has 0 radical (unpaired) electrons. The average Bonchev–Trinajstić information content (AvgIpc) is 3.50. The number of anilines is 1. The van der Waals surface area contributed by atoms with Gasteiger partial charge in [0.2, 0.25) is 5.13 Å². The van der Waals surface area contributed by atoms with E-state index in [1.54, 1.807) is 7.11 Å². The fourth-order valence-corrected chi connectivity index (χ4v) is 4.26. The van der Waals surface area contributed by atoms with Crippen LogP contribution in [-0.2, 0) is 13.0 Å². The van der Waals surface area contributed by atoms with E-state index in [1.807, 2.05) is 48.3 Å². The number of benzene rings is 1. The molecule has 11 heteroatoms. The van der Waals surface area contributed by atoms with Crippen LogP contribution in [0.25, 0.3) is 5.69 Å². The molecule has 0 bridgehead atoms. The second kappa shape index (κ2) is 11.5. The van der Waals surface area contributed by atoms with Gasteiger partial charge in [0.1, 0.15) is 11.6 Å². The van der Waals surface area contributed by atoms with E-state index in [1.165, 1.54) is 11.5 Å². The lowest BCUT2D eigenvalue weighted by Gasteiger charge is -2.36. The Morgan fingerprint density at radius 3 is 2.53 bits per heavy atom. The van der Waals surface area contributed by atoms with Crippen LogP contribution < -0.4 is 15.0 Å². The number of guanidine groups is 1. The molecule has 1 aliphatic heterocycles. The molecule has 0 aliphatic carbocycles. The minimum Gasteiger partial charge on any atom is -0.497 e. The van der Waals surface area contributed by atoms with Crippen molar-refractivity contribution in [3.05, 3.63) is 48.0 Å². The van der Waals surface area contributed by atoms with Crippen LogP contribution in [0.5, 0.6) is 5.75 Å². The highest BCUT2D eigenvalue weighted by atomic mass is 127. The van der Waals surface area contributed by atoms with Crippen molar-refractivity contribution in [2.75, 3.05) is 45.2 Å². The van der Waals surface area contributed by atoms with Crippen molar-refractivity contribution in [3.8, 4) is 11.4 Å². The number of hydrogen-bond donors (Lipinski definition) is 1. The number of methoxy groups -OCH3 is 1. The molecule has 2 aromatic heterocycles. The van der Waals surface area contributed by atoms with Crippen LogP contribution in [-0.4, -0.2) is 70.3 Å². The maximum Gasteiger partial charge on any atom is 0.205 e. The zero-order valence-electron chi connectivity index (χ0n) is 18.6. The first-order valence-electron chi connectivity index (χ1n) is 10.4. The number of piperazine rings is 1. The van der Waals surface area contributed by atoms with Gasteiger partial charge in [-0.2, -0.15) is 9.47 Å². The van der Waals surface area contributed by atoms with E-state index in [9.17, 15) is 0 Å². The lowest BCUT2D eigenvalue weighted by molar-refractivity contribution is 0.372. The van der Waals surface area contributed by atoms with Crippen molar-refractivity contribution in [2.45, 2.75) is 19.9 Å². The molecule has 1 aromatic carbocycles. The highest BCUT2D eigenvalue weighted by Crippen LogP contribution is 2.19. The summed E-state index contributed by atoms with van der Waals surface area (Å²) in [6, 6.07) is 9.86. The van der Waals surface area contributed by atoms with Gasteiger partial charge in [0.05, 0.1) is 25.0 Å². The number of nitrogens with zero attached hydrogens (tertiary/aromatic N) is 7. The summed E-state index contributed by atoms with van der Waals surface area (Å²) in [5.74, 6) is 2.65. The second-order valence-corrected chi connectivity index (χ2v) is 7.90. The average molecular weight is 568 g/mol. The molecule has 172 valence electrons. The molecule has 3 aromatic rings. The fourth-order valence-electron chi connectivity index (χ4n) is 3.46. The van der Waals surface area contributed by atoms with Gasteiger partial charge in [-0.15, -0.1) is 24.0 Å². The van der Waals surface area contributed by atoms with Crippen LogP contribution in [0.1, 0.15) is 18.4 Å². The van der Waals surface area contributed by atoms with E-state index in [0.29, 0.717) is 6.54 Å². The van der Waals surface area contributed by atoms with Crippen molar-refractivity contribution >= 4 is 46.6 Å². The van der Waals surface area contributed by atoms with Gasteiger partial charge in [0, 0.05) is 57.4 Å². The third-order valence-electron chi connectivity index (χ3n) is 5.24. The van der Waals surface area contributed by atoms with Crippen LogP contribution in [0.4, 0.5) is 5.13 Å². The first kappa shape index (κ1) is 24.2. The molecule has 32 heavy (non-hydrogen) atoms. The summed E-state index contributed by atoms with van der Waals surface area (Å²) in [5, 5.41) is 9.13. The van der Waals surface area contributed by atoms with E-state index in [4.69, 9.17) is 4.74 Å². The normalized spacial score (nSPS) is 14.3. The van der Waals surface area contributed by atoms with Gasteiger partial charge in [-0.05, 0) is 30.3 Å². The predicted molar refractivity (Wildman–Crippen MR) is 139 cm³/mol. The highest BCUT2D eigenvalue weighted by Gasteiger charge is 2.22. The van der Waals surface area contributed by atoms with Gasteiger partial charge in [0.25, 0.3) is 0 Å². The van der Waals surface area contributed by atoms with E-state index in [0.717, 1.165) is 66.6 Å². The first-order valence-corrected chi connectivity index (χ1v) is 11.2. The number of halogens is 1. The van der Waals surface area contributed by atoms with Gasteiger partial charge in [0.15, 0.2) is 5.96 Å². The summed E-state index contributed by atoms with van der Waals surface area (Å²) in [5.41, 5.74) is 1.95. The Morgan fingerprint density at radius 2 is 1.91 bits per heavy atom. The van der Waals surface area contributed by atoms with Gasteiger partial charge in [-0.3, -0.25) is 4.99 Å².